The van der Waals surface area contributed by atoms with Crippen LogP contribution in [0.15, 0.2) is 12.1 Å². The molecule has 6 nitrogen and oxygen atoms in total. The van der Waals surface area contributed by atoms with Gasteiger partial charge in [0.2, 0.25) is 0 Å². The maximum atomic E-state index is 11.0. The number of ether oxygens (including phenoxy) is 2. The van der Waals surface area contributed by atoms with E-state index < -0.39 is 4.92 Å². The molecule has 88 valence electrons. The molecule has 0 unspecified atom stereocenters. The van der Waals surface area contributed by atoms with Gasteiger partial charge in [-0.3, -0.25) is 10.1 Å². The highest BCUT2D eigenvalue weighted by Gasteiger charge is 2.23. The maximum absolute atomic E-state index is 11.0. The fourth-order valence-corrected chi connectivity index (χ4v) is 1.54. The molecule has 0 amide bonds. The molecule has 0 spiro atoms. The van der Waals surface area contributed by atoms with E-state index >= 15 is 0 Å². The van der Waals surface area contributed by atoms with Gasteiger partial charge in [-0.25, -0.2) is 0 Å². The van der Waals surface area contributed by atoms with Gasteiger partial charge >= 0.3 is 5.69 Å². The van der Waals surface area contributed by atoms with E-state index in [9.17, 15) is 10.1 Å². The van der Waals surface area contributed by atoms with Crippen LogP contribution in [0.1, 0.15) is 5.56 Å². The molecule has 0 bridgehead atoms. The van der Waals surface area contributed by atoms with Crippen molar-refractivity contribution in [3.63, 3.8) is 0 Å². The van der Waals surface area contributed by atoms with E-state index in [4.69, 9.17) is 15.2 Å². The van der Waals surface area contributed by atoms with Crippen LogP contribution in [0.3, 0.4) is 0 Å². The molecule has 1 rings (SSSR count). The van der Waals surface area contributed by atoms with Crippen LogP contribution in [-0.4, -0.2) is 25.7 Å². The summed E-state index contributed by atoms with van der Waals surface area (Å²) in [5.41, 5.74) is 5.82. The molecule has 0 aliphatic carbocycles. The van der Waals surface area contributed by atoms with Gasteiger partial charge in [-0.05, 0) is 25.1 Å². The van der Waals surface area contributed by atoms with Gasteiger partial charge in [0.1, 0.15) is 5.75 Å². The van der Waals surface area contributed by atoms with Crippen LogP contribution in [0.4, 0.5) is 5.69 Å². The Morgan fingerprint density at radius 3 is 2.31 bits per heavy atom. The molecule has 0 fully saturated rings. The summed E-state index contributed by atoms with van der Waals surface area (Å²) in [4.78, 5) is 10.5. The summed E-state index contributed by atoms with van der Waals surface area (Å²) < 4.78 is 10.0. The summed E-state index contributed by atoms with van der Waals surface area (Å²) in [6.45, 7) is 0.310. The minimum atomic E-state index is -0.480. The molecule has 0 aliphatic rings. The van der Waals surface area contributed by atoms with E-state index in [0.29, 0.717) is 24.3 Å². The van der Waals surface area contributed by atoms with Crippen LogP contribution in [-0.2, 0) is 6.42 Å². The van der Waals surface area contributed by atoms with E-state index in [2.05, 4.69) is 0 Å². The molecular weight excluding hydrogens is 212 g/mol. The quantitative estimate of drug-likeness (QED) is 0.600. The Balaban J connectivity index is 3.40. The Labute approximate surface area is 93.1 Å². The highest BCUT2D eigenvalue weighted by Crippen LogP contribution is 2.36. The number of hydrogen-bond donors (Lipinski definition) is 1. The molecular formula is C10H14N2O4. The molecule has 0 aliphatic heterocycles. The lowest BCUT2D eigenvalue weighted by atomic mass is 10.1. The Morgan fingerprint density at radius 1 is 1.31 bits per heavy atom. The van der Waals surface area contributed by atoms with Gasteiger partial charge in [-0.15, -0.1) is 0 Å². The fraction of sp³-hybridized carbons (Fsp3) is 0.400. The Morgan fingerprint density at radius 2 is 1.88 bits per heavy atom. The standard InChI is InChI=1S/C10H14N2O4/c1-15-8-3-4-9(16-2)10(12(13)14)7(8)5-6-11/h3-4H,5-6,11H2,1-2H3. The smallest absolute Gasteiger partial charge is 0.317 e. The molecule has 1 aromatic rings. The van der Waals surface area contributed by atoms with E-state index in [1.165, 1.54) is 20.3 Å². The number of benzene rings is 1. The molecule has 2 N–H and O–H groups in total. The van der Waals surface area contributed by atoms with Crippen molar-refractivity contribution in [1.82, 2.24) is 0 Å². The second kappa shape index (κ2) is 5.32. The van der Waals surface area contributed by atoms with Crippen molar-refractivity contribution < 1.29 is 14.4 Å². The third-order valence-corrected chi connectivity index (χ3v) is 2.22. The fourth-order valence-electron chi connectivity index (χ4n) is 1.54. The van der Waals surface area contributed by atoms with E-state index in [0.717, 1.165) is 0 Å². The minimum Gasteiger partial charge on any atom is -0.496 e. The van der Waals surface area contributed by atoms with Crippen molar-refractivity contribution in [2.45, 2.75) is 6.42 Å². The van der Waals surface area contributed by atoms with Gasteiger partial charge in [0, 0.05) is 0 Å². The number of nitro benzene ring substituents is 1. The molecule has 0 atom stereocenters. The summed E-state index contributed by atoms with van der Waals surface area (Å²) in [7, 11) is 2.85. The van der Waals surface area contributed by atoms with Crippen molar-refractivity contribution >= 4 is 5.69 Å². The van der Waals surface area contributed by atoms with Crippen LogP contribution in [0.2, 0.25) is 0 Å². The summed E-state index contributed by atoms with van der Waals surface area (Å²) in [6, 6.07) is 3.15. The monoisotopic (exact) mass is 226 g/mol. The predicted molar refractivity (Wildman–Crippen MR) is 59.0 cm³/mol. The van der Waals surface area contributed by atoms with Gasteiger partial charge in [-0.1, -0.05) is 0 Å². The number of nitrogens with zero attached hydrogens (tertiary/aromatic N) is 1. The molecule has 16 heavy (non-hydrogen) atoms. The zero-order valence-corrected chi connectivity index (χ0v) is 9.23. The van der Waals surface area contributed by atoms with Gasteiger partial charge in [0.05, 0.1) is 24.7 Å². The SMILES string of the molecule is COc1ccc(OC)c([N+](=O)[O-])c1CCN. The average molecular weight is 226 g/mol. The topological polar surface area (TPSA) is 87.6 Å². The first-order valence-electron chi connectivity index (χ1n) is 4.74. The van der Waals surface area contributed by atoms with E-state index in [1.807, 2.05) is 0 Å². The number of hydrogen-bond acceptors (Lipinski definition) is 5. The third-order valence-electron chi connectivity index (χ3n) is 2.22. The van der Waals surface area contributed by atoms with Crippen molar-refractivity contribution in [1.29, 1.82) is 0 Å². The Bertz CT molecular complexity index is 393. The lowest BCUT2D eigenvalue weighted by Gasteiger charge is -2.10. The van der Waals surface area contributed by atoms with E-state index in [1.54, 1.807) is 6.07 Å². The first kappa shape index (κ1) is 12.3. The lowest BCUT2D eigenvalue weighted by molar-refractivity contribution is -0.386. The van der Waals surface area contributed by atoms with Crippen molar-refractivity contribution in [2.75, 3.05) is 20.8 Å². The number of rotatable bonds is 5. The van der Waals surface area contributed by atoms with Crippen LogP contribution in [0.5, 0.6) is 11.5 Å². The maximum Gasteiger partial charge on any atom is 0.317 e. The summed E-state index contributed by atoms with van der Waals surface area (Å²) in [6.07, 6.45) is 0.372. The number of methoxy groups -OCH3 is 2. The molecule has 0 saturated heterocycles. The first-order chi connectivity index (χ1) is 7.65. The van der Waals surface area contributed by atoms with Gasteiger partial charge in [0.15, 0.2) is 5.75 Å². The Hall–Kier alpha value is -1.82. The van der Waals surface area contributed by atoms with Crippen LogP contribution < -0.4 is 15.2 Å². The van der Waals surface area contributed by atoms with Crippen LogP contribution >= 0.6 is 0 Å². The summed E-state index contributed by atoms with van der Waals surface area (Å²) in [5.74, 6) is 0.673. The minimum absolute atomic E-state index is 0.0766. The zero-order valence-electron chi connectivity index (χ0n) is 9.23. The van der Waals surface area contributed by atoms with Crippen molar-refractivity contribution in [3.8, 4) is 11.5 Å². The molecule has 0 aromatic heterocycles. The molecule has 0 heterocycles. The molecule has 0 radical (unpaired) electrons. The van der Waals surface area contributed by atoms with Gasteiger partial charge < -0.3 is 15.2 Å². The lowest BCUT2D eigenvalue weighted by Crippen LogP contribution is -2.08. The molecule has 6 heteroatoms. The van der Waals surface area contributed by atoms with Gasteiger partial charge in [0.25, 0.3) is 0 Å². The van der Waals surface area contributed by atoms with E-state index in [-0.39, 0.29) is 11.4 Å². The number of nitrogens with two attached hydrogens (primary N) is 1. The van der Waals surface area contributed by atoms with Crippen molar-refractivity contribution in [2.24, 2.45) is 5.73 Å². The predicted octanol–water partition coefficient (Wildman–Crippen LogP) is 1.11. The second-order valence-electron chi connectivity index (χ2n) is 3.09. The van der Waals surface area contributed by atoms with Crippen molar-refractivity contribution in [3.05, 3.63) is 27.8 Å². The Kier molecular flexibility index (Phi) is 4.07. The third kappa shape index (κ3) is 2.22. The largest absolute Gasteiger partial charge is 0.496 e. The van der Waals surface area contributed by atoms with Crippen LogP contribution in [0.25, 0.3) is 0 Å². The molecule has 0 saturated carbocycles. The summed E-state index contributed by atoms with van der Waals surface area (Å²) >= 11 is 0. The van der Waals surface area contributed by atoms with Crippen LogP contribution in [0, 0.1) is 10.1 Å². The summed E-state index contributed by atoms with van der Waals surface area (Å²) in [5, 5.41) is 11.0. The zero-order chi connectivity index (χ0) is 12.1. The highest BCUT2D eigenvalue weighted by atomic mass is 16.6. The van der Waals surface area contributed by atoms with Gasteiger partial charge in [-0.2, -0.15) is 0 Å². The highest BCUT2D eigenvalue weighted by molar-refractivity contribution is 5.59. The molecule has 1 aromatic carbocycles. The first-order valence-corrected chi connectivity index (χ1v) is 4.74. The average Bonchev–Trinajstić information content (AvgIpc) is 2.28. The normalized spacial score (nSPS) is 9.94. The second-order valence-corrected chi connectivity index (χ2v) is 3.09. The number of nitro groups is 1.